The molecule has 72 valence electrons. The third-order valence-electron chi connectivity index (χ3n) is 1.47. The zero-order chi connectivity index (χ0) is 9.84. The molecule has 0 aromatic carbocycles. The molecule has 0 radical (unpaired) electrons. The minimum Gasteiger partial charge on any atom is -0.302 e. The summed E-state index contributed by atoms with van der Waals surface area (Å²) < 4.78 is 1.52. The normalized spacial score (nSPS) is 10.7. The molecule has 0 aliphatic rings. The predicted octanol–water partition coefficient (Wildman–Crippen LogP) is 0.443. The summed E-state index contributed by atoms with van der Waals surface area (Å²) in [5.74, 6) is 0.316. The number of aromatic amines is 1. The number of carbonyl (C=O) groups excluding carboxylic acids is 1. The van der Waals surface area contributed by atoms with Crippen LogP contribution < -0.4 is 5.69 Å². The van der Waals surface area contributed by atoms with Crippen molar-refractivity contribution in [1.82, 2.24) is 14.8 Å². The Kier molecular flexibility index (Phi) is 3.30. The van der Waals surface area contributed by atoms with Gasteiger partial charge in [0.2, 0.25) is 0 Å². The largest absolute Gasteiger partial charge is 0.344 e. The van der Waals surface area contributed by atoms with E-state index in [4.69, 9.17) is 0 Å². The number of thioether (sulfide) groups is 1. The van der Waals surface area contributed by atoms with Crippen LogP contribution in [0.3, 0.4) is 0 Å². The second-order valence-corrected chi connectivity index (χ2v) is 3.74. The van der Waals surface area contributed by atoms with Gasteiger partial charge in [0, 0.05) is 6.04 Å². The lowest BCUT2D eigenvalue weighted by Gasteiger charge is -2.06. The molecule has 0 bridgehead atoms. The highest BCUT2D eigenvalue weighted by atomic mass is 32.2. The molecule has 5 nitrogen and oxygen atoms in total. The van der Waals surface area contributed by atoms with Gasteiger partial charge in [0.1, 0.15) is 6.29 Å². The molecule has 13 heavy (non-hydrogen) atoms. The van der Waals surface area contributed by atoms with Crippen LogP contribution in [0.2, 0.25) is 0 Å². The molecule has 6 heteroatoms. The second kappa shape index (κ2) is 4.27. The van der Waals surface area contributed by atoms with Crippen molar-refractivity contribution in [2.45, 2.75) is 25.0 Å². The van der Waals surface area contributed by atoms with Crippen molar-refractivity contribution in [3.63, 3.8) is 0 Å². The zero-order valence-corrected chi connectivity index (χ0v) is 8.30. The van der Waals surface area contributed by atoms with Crippen LogP contribution in [-0.2, 0) is 4.79 Å². The van der Waals surface area contributed by atoms with Crippen LogP contribution in [0, 0.1) is 0 Å². The van der Waals surface area contributed by atoms with E-state index < -0.39 is 0 Å². The molecule has 0 amide bonds. The van der Waals surface area contributed by atoms with Gasteiger partial charge in [-0.05, 0) is 13.8 Å². The van der Waals surface area contributed by atoms with E-state index in [1.807, 2.05) is 13.8 Å². The smallest absolute Gasteiger partial charge is 0.302 e. The number of carbonyl (C=O) groups is 1. The molecule has 0 aliphatic heterocycles. The lowest BCUT2D eigenvalue weighted by Crippen LogP contribution is -2.19. The summed E-state index contributed by atoms with van der Waals surface area (Å²) in [6.45, 7) is 3.78. The van der Waals surface area contributed by atoms with E-state index in [0.29, 0.717) is 10.9 Å². The first kappa shape index (κ1) is 10.0. The first-order valence-corrected chi connectivity index (χ1v) is 4.88. The van der Waals surface area contributed by atoms with Crippen molar-refractivity contribution in [1.29, 1.82) is 0 Å². The fourth-order valence-electron chi connectivity index (χ4n) is 0.956. The Morgan fingerprint density at radius 1 is 1.69 bits per heavy atom. The maximum absolute atomic E-state index is 11.2. The topological polar surface area (TPSA) is 67.8 Å². The number of hydrogen-bond acceptors (Lipinski definition) is 4. The summed E-state index contributed by atoms with van der Waals surface area (Å²) in [5.41, 5.74) is -0.233. The lowest BCUT2D eigenvalue weighted by molar-refractivity contribution is -0.105. The molecule has 0 saturated carbocycles. The Bertz CT molecular complexity index is 342. The van der Waals surface area contributed by atoms with Gasteiger partial charge in [0.05, 0.1) is 5.75 Å². The average Bonchev–Trinajstić information content (AvgIpc) is 2.43. The van der Waals surface area contributed by atoms with Gasteiger partial charge in [-0.2, -0.15) is 0 Å². The predicted molar refractivity (Wildman–Crippen MR) is 50.0 cm³/mol. The lowest BCUT2D eigenvalue weighted by atomic mass is 10.4. The van der Waals surface area contributed by atoms with Crippen LogP contribution in [0.15, 0.2) is 9.95 Å². The molecular weight excluding hydrogens is 190 g/mol. The average molecular weight is 201 g/mol. The maximum atomic E-state index is 11.2. The highest BCUT2D eigenvalue weighted by molar-refractivity contribution is 7.99. The first-order valence-electron chi connectivity index (χ1n) is 3.90. The number of H-pyrrole nitrogens is 1. The molecule has 0 saturated heterocycles. The van der Waals surface area contributed by atoms with Crippen LogP contribution in [0.25, 0.3) is 0 Å². The summed E-state index contributed by atoms with van der Waals surface area (Å²) in [7, 11) is 0. The quantitative estimate of drug-likeness (QED) is 0.567. The highest BCUT2D eigenvalue weighted by Gasteiger charge is 2.10. The molecule has 1 aromatic rings. The summed E-state index contributed by atoms with van der Waals surface area (Å²) in [4.78, 5) is 21.3. The first-order chi connectivity index (χ1) is 6.16. The number of nitrogens with one attached hydrogen (secondary N) is 1. The fraction of sp³-hybridized carbons (Fsp3) is 0.571. The SMILES string of the molecule is CC(C)n1c(SCC=O)n[nH]c1=O. The van der Waals surface area contributed by atoms with E-state index in [1.54, 1.807) is 0 Å². The van der Waals surface area contributed by atoms with E-state index in [1.165, 1.54) is 16.3 Å². The summed E-state index contributed by atoms with van der Waals surface area (Å²) in [6, 6.07) is 0.0559. The highest BCUT2D eigenvalue weighted by Crippen LogP contribution is 2.15. The minimum absolute atomic E-state index is 0.0559. The molecule has 1 N–H and O–H groups in total. The molecule has 1 aromatic heterocycles. The summed E-state index contributed by atoms with van der Waals surface area (Å²) in [5, 5.41) is 6.71. The van der Waals surface area contributed by atoms with Crippen molar-refractivity contribution in [3.05, 3.63) is 10.5 Å². The molecule has 0 fully saturated rings. The van der Waals surface area contributed by atoms with Crippen LogP contribution in [0.4, 0.5) is 0 Å². The molecule has 0 spiro atoms. The summed E-state index contributed by atoms with van der Waals surface area (Å²) >= 11 is 1.25. The van der Waals surface area contributed by atoms with Gasteiger partial charge in [-0.1, -0.05) is 11.8 Å². The van der Waals surface area contributed by atoms with E-state index >= 15 is 0 Å². The van der Waals surface area contributed by atoms with E-state index in [2.05, 4.69) is 10.2 Å². The Labute approximate surface area is 79.5 Å². The number of hydrogen-bond donors (Lipinski definition) is 1. The molecule has 0 atom stereocenters. The molecule has 1 rings (SSSR count). The Hall–Kier alpha value is -1.04. The molecule has 0 unspecified atom stereocenters. The molecule has 0 aliphatic carbocycles. The van der Waals surface area contributed by atoms with Gasteiger partial charge in [0.15, 0.2) is 5.16 Å². The second-order valence-electron chi connectivity index (χ2n) is 2.75. The van der Waals surface area contributed by atoms with Crippen molar-refractivity contribution >= 4 is 18.0 Å². The maximum Gasteiger partial charge on any atom is 0.344 e. The summed E-state index contributed by atoms with van der Waals surface area (Å²) in [6.07, 6.45) is 0.786. The number of aldehydes is 1. The third-order valence-corrected chi connectivity index (χ3v) is 2.32. The number of aromatic nitrogens is 3. The Balaban J connectivity index is 2.93. The van der Waals surface area contributed by atoms with Gasteiger partial charge in [-0.25, -0.2) is 9.89 Å². The van der Waals surface area contributed by atoms with Gasteiger partial charge >= 0.3 is 5.69 Å². The fourth-order valence-corrected chi connectivity index (χ4v) is 1.72. The molecular formula is C7H11N3O2S. The van der Waals surface area contributed by atoms with Gasteiger partial charge in [0.25, 0.3) is 0 Å². The zero-order valence-electron chi connectivity index (χ0n) is 7.48. The van der Waals surface area contributed by atoms with Crippen molar-refractivity contribution in [2.75, 3.05) is 5.75 Å². The van der Waals surface area contributed by atoms with Crippen LogP contribution in [-0.4, -0.2) is 26.8 Å². The number of nitrogens with zero attached hydrogens (tertiary/aromatic N) is 2. The standard InChI is InChI=1S/C7H11N3O2S/c1-5(2)10-6(12)8-9-7(10)13-4-3-11/h3,5H,4H2,1-2H3,(H,8,12). The van der Waals surface area contributed by atoms with Gasteiger partial charge < -0.3 is 4.79 Å². The minimum atomic E-state index is -0.233. The van der Waals surface area contributed by atoms with Crippen LogP contribution in [0.1, 0.15) is 19.9 Å². The van der Waals surface area contributed by atoms with Crippen LogP contribution >= 0.6 is 11.8 Å². The Morgan fingerprint density at radius 3 is 2.92 bits per heavy atom. The van der Waals surface area contributed by atoms with Crippen molar-refractivity contribution in [3.8, 4) is 0 Å². The van der Waals surface area contributed by atoms with E-state index in [0.717, 1.165) is 6.29 Å². The third kappa shape index (κ3) is 2.21. The van der Waals surface area contributed by atoms with E-state index in [-0.39, 0.29) is 11.7 Å². The monoisotopic (exact) mass is 201 g/mol. The van der Waals surface area contributed by atoms with Gasteiger partial charge in [-0.3, -0.25) is 4.57 Å². The van der Waals surface area contributed by atoms with E-state index in [9.17, 15) is 9.59 Å². The molecule has 1 heterocycles. The number of rotatable bonds is 4. The Morgan fingerprint density at radius 2 is 2.38 bits per heavy atom. The van der Waals surface area contributed by atoms with Crippen molar-refractivity contribution in [2.24, 2.45) is 0 Å². The van der Waals surface area contributed by atoms with Crippen molar-refractivity contribution < 1.29 is 4.79 Å². The van der Waals surface area contributed by atoms with Gasteiger partial charge in [-0.15, -0.1) is 5.10 Å². The van der Waals surface area contributed by atoms with Crippen LogP contribution in [0.5, 0.6) is 0 Å².